The number of carbonyl (C=O) groups is 1. The third-order valence-corrected chi connectivity index (χ3v) is 2.78. The van der Waals surface area contributed by atoms with E-state index in [2.05, 4.69) is 0 Å². The lowest BCUT2D eigenvalue weighted by atomic mass is 10.1. The van der Waals surface area contributed by atoms with Crippen molar-refractivity contribution in [1.82, 2.24) is 4.57 Å². The maximum absolute atomic E-state index is 13.2. The molecule has 0 fully saturated rings. The van der Waals surface area contributed by atoms with E-state index in [1.165, 1.54) is 18.3 Å². The van der Waals surface area contributed by atoms with Gasteiger partial charge in [-0.2, -0.15) is 0 Å². The minimum atomic E-state index is -1.31. The Morgan fingerprint density at radius 3 is 2.61 bits per heavy atom. The fourth-order valence-corrected chi connectivity index (χ4v) is 1.91. The lowest BCUT2D eigenvalue weighted by molar-refractivity contribution is 0.0694. The number of carboxylic acids is 1. The zero-order valence-electron chi connectivity index (χ0n) is 9.98. The normalized spacial score (nSPS) is 11.1. The molecule has 5 heteroatoms. The molecule has 0 amide bonds. The molecule has 18 heavy (non-hydrogen) atoms. The molecule has 0 unspecified atom stereocenters. The number of rotatable bonds is 2. The van der Waals surface area contributed by atoms with Gasteiger partial charge < -0.3 is 9.67 Å². The van der Waals surface area contributed by atoms with Crippen molar-refractivity contribution in [2.24, 2.45) is 0 Å². The molecule has 1 aromatic carbocycles. The van der Waals surface area contributed by atoms with Gasteiger partial charge in [0.25, 0.3) is 0 Å². The van der Waals surface area contributed by atoms with Gasteiger partial charge in [-0.3, -0.25) is 4.79 Å². The number of carboxylic acid groups (broad SMARTS) is 1. The van der Waals surface area contributed by atoms with Crippen molar-refractivity contribution in [2.75, 3.05) is 0 Å². The molecule has 0 aliphatic carbocycles. The average molecular weight is 249 g/mol. The van der Waals surface area contributed by atoms with E-state index in [1.807, 2.05) is 13.8 Å². The number of hydrogen-bond acceptors (Lipinski definition) is 2. The van der Waals surface area contributed by atoms with Gasteiger partial charge in [0.1, 0.15) is 11.4 Å². The van der Waals surface area contributed by atoms with Gasteiger partial charge in [0.15, 0.2) is 0 Å². The summed E-state index contributed by atoms with van der Waals surface area (Å²) in [5, 5.41) is 9.08. The van der Waals surface area contributed by atoms with Crippen molar-refractivity contribution in [3.8, 4) is 0 Å². The first-order chi connectivity index (χ1) is 8.41. The largest absolute Gasteiger partial charge is 0.477 e. The van der Waals surface area contributed by atoms with Crippen LogP contribution in [0.15, 0.2) is 29.2 Å². The molecule has 0 bridgehead atoms. The van der Waals surface area contributed by atoms with Crippen molar-refractivity contribution in [1.29, 1.82) is 0 Å². The Labute approximate surface area is 102 Å². The maximum atomic E-state index is 13.2. The van der Waals surface area contributed by atoms with Crippen molar-refractivity contribution in [3.05, 3.63) is 46.0 Å². The minimum Gasteiger partial charge on any atom is -0.477 e. The number of benzene rings is 1. The second-order valence-electron chi connectivity index (χ2n) is 4.34. The van der Waals surface area contributed by atoms with Crippen LogP contribution in [0, 0.1) is 5.82 Å². The Morgan fingerprint density at radius 2 is 2.06 bits per heavy atom. The van der Waals surface area contributed by atoms with Crippen LogP contribution in [0.4, 0.5) is 4.39 Å². The van der Waals surface area contributed by atoms with Crippen LogP contribution in [-0.4, -0.2) is 15.6 Å². The van der Waals surface area contributed by atoms with Crippen LogP contribution in [0.5, 0.6) is 0 Å². The number of fused-ring (bicyclic) bond motifs is 1. The molecule has 0 atom stereocenters. The summed E-state index contributed by atoms with van der Waals surface area (Å²) in [4.78, 5) is 23.0. The summed E-state index contributed by atoms with van der Waals surface area (Å²) >= 11 is 0. The minimum absolute atomic E-state index is 0.0309. The molecule has 0 saturated carbocycles. The van der Waals surface area contributed by atoms with Gasteiger partial charge in [-0.1, -0.05) is 0 Å². The summed E-state index contributed by atoms with van der Waals surface area (Å²) in [6, 6.07) is 3.78. The number of aromatic nitrogens is 1. The van der Waals surface area contributed by atoms with Crippen LogP contribution in [0.3, 0.4) is 0 Å². The Balaban J connectivity index is 2.97. The third kappa shape index (κ3) is 1.88. The topological polar surface area (TPSA) is 59.3 Å². The molecule has 0 spiro atoms. The Morgan fingerprint density at radius 1 is 1.39 bits per heavy atom. The second kappa shape index (κ2) is 4.25. The van der Waals surface area contributed by atoms with Gasteiger partial charge in [0.05, 0.1) is 5.52 Å². The first-order valence-electron chi connectivity index (χ1n) is 5.49. The van der Waals surface area contributed by atoms with Gasteiger partial charge in [-0.25, -0.2) is 9.18 Å². The summed E-state index contributed by atoms with van der Waals surface area (Å²) < 4.78 is 14.8. The van der Waals surface area contributed by atoms with E-state index < -0.39 is 17.2 Å². The van der Waals surface area contributed by atoms with E-state index in [0.29, 0.717) is 5.52 Å². The second-order valence-corrected chi connectivity index (χ2v) is 4.34. The summed E-state index contributed by atoms with van der Waals surface area (Å²) in [5.41, 5.74) is -0.475. The zero-order chi connectivity index (χ0) is 13.4. The lowest BCUT2D eigenvalue weighted by Crippen LogP contribution is -2.19. The zero-order valence-corrected chi connectivity index (χ0v) is 9.98. The van der Waals surface area contributed by atoms with Crippen molar-refractivity contribution in [2.45, 2.75) is 19.9 Å². The molecule has 0 radical (unpaired) electrons. The molecule has 94 valence electrons. The molecule has 0 saturated heterocycles. The van der Waals surface area contributed by atoms with Gasteiger partial charge >= 0.3 is 5.97 Å². The van der Waals surface area contributed by atoms with E-state index in [1.54, 1.807) is 4.57 Å². The molecule has 2 rings (SSSR count). The quantitative estimate of drug-likeness (QED) is 0.889. The molecule has 0 aliphatic heterocycles. The number of hydrogen-bond donors (Lipinski definition) is 1. The van der Waals surface area contributed by atoms with Gasteiger partial charge in [-0.15, -0.1) is 0 Å². The van der Waals surface area contributed by atoms with Crippen LogP contribution < -0.4 is 5.43 Å². The van der Waals surface area contributed by atoms with E-state index in [4.69, 9.17) is 5.11 Å². The van der Waals surface area contributed by atoms with Crippen LogP contribution >= 0.6 is 0 Å². The van der Waals surface area contributed by atoms with Crippen LogP contribution in [0.2, 0.25) is 0 Å². The molecular weight excluding hydrogens is 237 g/mol. The molecular formula is C13H12FNO3. The van der Waals surface area contributed by atoms with E-state index in [0.717, 1.165) is 6.07 Å². The first-order valence-corrected chi connectivity index (χ1v) is 5.49. The molecule has 1 aromatic heterocycles. The highest BCUT2D eigenvalue weighted by Gasteiger charge is 2.15. The fourth-order valence-electron chi connectivity index (χ4n) is 1.91. The highest BCUT2D eigenvalue weighted by molar-refractivity contribution is 5.92. The van der Waals surface area contributed by atoms with Gasteiger partial charge in [-0.05, 0) is 32.0 Å². The summed E-state index contributed by atoms with van der Waals surface area (Å²) in [6.45, 7) is 3.72. The monoisotopic (exact) mass is 249 g/mol. The highest BCUT2D eigenvalue weighted by atomic mass is 19.1. The summed E-state index contributed by atoms with van der Waals surface area (Å²) in [5.74, 6) is -1.86. The molecule has 0 aliphatic rings. The predicted molar refractivity (Wildman–Crippen MR) is 65.5 cm³/mol. The molecule has 2 aromatic rings. The van der Waals surface area contributed by atoms with Crippen molar-refractivity contribution < 1.29 is 14.3 Å². The first kappa shape index (κ1) is 12.3. The SMILES string of the molecule is CC(C)n1cc(C(=O)O)c(=O)c2cc(F)ccc21. The van der Waals surface area contributed by atoms with Gasteiger partial charge in [0.2, 0.25) is 5.43 Å². The number of nitrogens with zero attached hydrogens (tertiary/aromatic N) is 1. The van der Waals surface area contributed by atoms with E-state index in [9.17, 15) is 14.0 Å². The third-order valence-electron chi connectivity index (χ3n) is 2.78. The van der Waals surface area contributed by atoms with Crippen molar-refractivity contribution in [3.63, 3.8) is 0 Å². The van der Waals surface area contributed by atoms with Crippen LogP contribution in [0.25, 0.3) is 10.9 Å². The van der Waals surface area contributed by atoms with E-state index in [-0.39, 0.29) is 17.0 Å². The highest BCUT2D eigenvalue weighted by Crippen LogP contribution is 2.18. The maximum Gasteiger partial charge on any atom is 0.341 e. The number of pyridine rings is 1. The van der Waals surface area contributed by atoms with Crippen molar-refractivity contribution >= 4 is 16.9 Å². The Bertz CT molecular complexity index is 688. The molecule has 1 N–H and O–H groups in total. The van der Waals surface area contributed by atoms with Crippen LogP contribution in [0.1, 0.15) is 30.2 Å². The average Bonchev–Trinajstić information content (AvgIpc) is 2.29. The molecule has 4 nitrogen and oxygen atoms in total. The van der Waals surface area contributed by atoms with E-state index >= 15 is 0 Å². The van der Waals surface area contributed by atoms with Crippen LogP contribution in [-0.2, 0) is 0 Å². The summed E-state index contributed by atoms with van der Waals surface area (Å²) in [7, 11) is 0. The summed E-state index contributed by atoms with van der Waals surface area (Å²) in [6.07, 6.45) is 1.30. The fraction of sp³-hybridized carbons (Fsp3) is 0.231. The smallest absolute Gasteiger partial charge is 0.341 e. The predicted octanol–water partition coefficient (Wildman–Crippen LogP) is 2.42. The Hall–Kier alpha value is -2.17. The number of halogens is 1. The Kier molecular flexibility index (Phi) is 2.90. The van der Waals surface area contributed by atoms with Gasteiger partial charge in [0, 0.05) is 17.6 Å². The molecule has 1 heterocycles. The standard InChI is InChI=1S/C13H12FNO3/c1-7(2)15-6-10(13(17)18)12(16)9-5-8(14)3-4-11(9)15/h3-7H,1-2H3,(H,17,18). The number of aromatic carboxylic acids is 1. The lowest BCUT2D eigenvalue weighted by Gasteiger charge is -2.15.